The lowest BCUT2D eigenvalue weighted by atomic mass is 10.0. The number of benzene rings is 3. The Kier molecular flexibility index (Phi) is 9.01. The van der Waals surface area contributed by atoms with E-state index in [1.165, 1.54) is 12.1 Å². The largest absolute Gasteiger partial charge is 0.464 e. The minimum Gasteiger partial charge on any atom is -0.464 e. The summed E-state index contributed by atoms with van der Waals surface area (Å²) in [5.74, 6) is 0. The first-order valence-electron chi connectivity index (χ1n) is 15.7. The Morgan fingerprint density at radius 2 is 1.35 bits per heavy atom. The maximum atomic E-state index is 13.6. The number of fused-ring (bicyclic) bond motifs is 2. The molecule has 0 aliphatic heterocycles. The maximum absolute atomic E-state index is 13.6. The van der Waals surface area contributed by atoms with Crippen molar-refractivity contribution in [1.29, 1.82) is 0 Å². The molecule has 5 nitrogen and oxygen atoms in total. The van der Waals surface area contributed by atoms with Crippen molar-refractivity contribution in [2.45, 2.75) is 85.7 Å². The molecule has 5 rings (SSSR count). The Morgan fingerprint density at radius 3 is 1.98 bits per heavy atom. The summed E-state index contributed by atoms with van der Waals surface area (Å²) >= 11 is 0. The topological polar surface area (TPSA) is 41.6 Å². The summed E-state index contributed by atoms with van der Waals surface area (Å²) in [6.45, 7) is 19.4. The van der Waals surface area contributed by atoms with Gasteiger partial charge in [0.15, 0.2) is 5.43 Å². The first-order valence-corrected chi connectivity index (χ1v) is 15.7. The van der Waals surface area contributed by atoms with Crippen LogP contribution in [0.15, 0.2) is 82.3 Å². The zero-order valence-corrected chi connectivity index (χ0v) is 28.0. The normalized spacial score (nSPS) is 13.1. The lowest BCUT2D eigenvalue weighted by Gasteiger charge is -2.40. The van der Waals surface area contributed by atoms with Crippen LogP contribution in [-0.2, 0) is 19.3 Å². The number of rotatable bonds is 8. The van der Waals surface area contributed by atoms with Crippen molar-refractivity contribution >= 4 is 21.9 Å². The van der Waals surface area contributed by atoms with Crippen LogP contribution in [0.1, 0.15) is 69.4 Å². The standard InChI is InChI=1S/C38H44F3N3O2/c1-25-18-32-34(19-26(25)2)46-24-28(35(32)45)22-43(37(6,7)8)17-16-42(36(3,4)5)21-27-23-44(33-15-10-9-14-31(27)33)30-13-11-12-29(20-30)38(39,40)41/h9-15,18-20,23-24H,16-17,21-22H2,1-8H3. The molecule has 0 amide bonds. The van der Waals surface area contributed by atoms with Gasteiger partial charge in [0.1, 0.15) is 5.58 Å². The van der Waals surface area contributed by atoms with E-state index in [2.05, 4.69) is 51.3 Å². The number of hydrogen-bond acceptors (Lipinski definition) is 4. The SMILES string of the molecule is Cc1cc2occ(CN(CCN(Cc3cn(-c4cccc(C(F)(F)F)c4)c4ccccc34)C(C)(C)C)C(C)(C)C)c(=O)c2cc1C. The monoisotopic (exact) mass is 631 g/mol. The number of aryl methyl sites for hydroxylation is 2. The highest BCUT2D eigenvalue weighted by atomic mass is 19.4. The Balaban J connectivity index is 1.44. The zero-order valence-electron chi connectivity index (χ0n) is 28.0. The predicted molar refractivity (Wildman–Crippen MR) is 181 cm³/mol. The van der Waals surface area contributed by atoms with Crippen LogP contribution in [0.5, 0.6) is 0 Å². The lowest BCUT2D eigenvalue weighted by molar-refractivity contribution is -0.137. The van der Waals surface area contributed by atoms with Gasteiger partial charge in [-0.15, -0.1) is 0 Å². The Morgan fingerprint density at radius 1 is 0.739 bits per heavy atom. The molecule has 244 valence electrons. The van der Waals surface area contributed by atoms with E-state index < -0.39 is 11.7 Å². The number of hydrogen-bond donors (Lipinski definition) is 0. The summed E-state index contributed by atoms with van der Waals surface area (Å²) in [6, 6.07) is 17.1. The third-order valence-corrected chi connectivity index (χ3v) is 8.97. The van der Waals surface area contributed by atoms with Crippen LogP contribution in [0, 0.1) is 13.8 Å². The van der Waals surface area contributed by atoms with Crippen molar-refractivity contribution in [1.82, 2.24) is 14.4 Å². The third kappa shape index (κ3) is 7.08. The zero-order chi connectivity index (χ0) is 33.6. The summed E-state index contributed by atoms with van der Waals surface area (Å²) in [6.07, 6.45) is -0.859. The summed E-state index contributed by atoms with van der Waals surface area (Å²) in [5, 5.41) is 1.60. The van der Waals surface area contributed by atoms with Gasteiger partial charge >= 0.3 is 6.18 Å². The molecule has 8 heteroatoms. The van der Waals surface area contributed by atoms with Gasteiger partial charge in [-0.3, -0.25) is 14.6 Å². The maximum Gasteiger partial charge on any atom is 0.416 e. The molecule has 46 heavy (non-hydrogen) atoms. The predicted octanol–water partition coefficient (Wildman–Crippen LogP) is 9.27. The quantitative estimate of drug-likeness (QED) is 0.171. The summed E-state index contributed by atoms with van der Waals surface area (Å²) in [4.78, 5) is 18.2. The lowest BCUT2D eigenvalue weighted by Crippen LogP contribution is -2.49. The van der Waals surface area contributed by atoms with Gasteiger partial charge in [-0.05, 0) is 108 Å². The van der Waals surface area contributed by atoms with E-state index in [0.29, 0.717) is 48.4 Å². The highest BCUT2D eigenvalue weighted by Crippen LogP contribution is 2.33. The number of aromatic nitrogens is 1. The van der Waals surface area contributed by atoms with Crippen molar-refractivity contribution < 1.29 is 17.6 Å². The van der Waals surface area contributed by atoms with E-state index in [9.17, 15) is 18.0 Å². The Hall–Kier alpha value is -3.88. The fraction of sp³-hybridized carbons (Fsp3) is 0.395. The van der Waals surface area contributed by atoms with Crippen LogP contribution < -0.4 is 5.43 Å². The first kappa shape index (κ1) is 33.5. The third-order valence-electron chi connectivity index (χ3n) is 8.97. The second-order valence-electron chi connectivity index (χ2n) is 14.3. The Bertz CT molecular complexity index is 1920. The van der Waals surface area contributed by atoms with E-state index >= 15 is 0 Å². The fourth-order valence-corrected chi connectivity index (χ4v) is 5.91. The van der Waals surface area contributed by atoms with E-state index in [0.717, 1.165) is 33.7 Å². The van der Waals surface area contributed by atoms with Gasteiger partial charge in [-0.1, -0.05) is 24.3 Å². The summed E-state index contributed by atoms with van der Waals surface area (Å²) in [7, 11) is 0. The molecule has 0 aliphatic rings. The Labute approximate surface area is 269 Å². The van der Waals surface area contributed by atoms with Crippen molar-refractivity contribution in [2.24, 2.45) is 0 Å². The van der Waals surface area contributed by atoms with E-state index in [4.69, 9.17) is 4.42 Å². The second-order valence-corrected chi connectivity index (χ2v) is 14.3. The van der Waals surface area contributed by atoms with E-state index in [1.54, 1.807) is 12.3 Å². The number of para-hydroxylation sites is 1. The van der Waals surface area contributed by atoms with Gasteiger partial charge in [0.25, 0.3) is 0 Å². The summed E-state index contributed by atoms with van der Waals surface area (Å²) in [5.41, 5.74) is 4.61. The van der Waals surface area contributed by atoms with Crippen LogP contribution in [-0.4, -0.2) is 38.5 Å². The molecule has 0 saturated carbocycles. The molecule has 2 heterocycles. The van der Waals surface area contributed by atoms with Gasteiger partial charge in [0.2, 0.25) is 0 Å². The molecule has 0 radical (unpaired) electrons. The number of halogens is 3. The van der Waals surface area contributed by atoms with Gasteiger partial charge < -0.3 is 8.98 Å². The van der Waals surface area contributed by atoms with Crippen molar-refractivity contribution in [3.05, 3.63) is 111 Å². The van der Waals surface area contributed by atoms with Gasteiger partial charge in [0.05, 0.1) is 22.7 Å². The molecule has 0 aliphatic carbocycles. The highest BCUT2D eigenvalue weighted by molar-refractivity contribution is 5.85. The van der Waals surface area contributed by atoms with E-state index in [1.807, 2.05) is 61.0 Å². The molecule has 0 fully saturated rings. The van der Waals surface area contributed by atoms with Crippen molar-refractivity contribution in [3.63, 3.8) is 0 Å². The van der Waals surface area contributed by atoms with Crippen LogP contribution in [0.4, 0.5) is 13.2 Å². The van der Waals surface area contributed by atoms with Gasteiger partial charge in [-0.25, -0.2) is 0 Å². The van der Waals surface area contributed by atoms with Crippen LogP contribution in [0.25, 0.3) is 27.6 Å². The van der Waals surface area contributed by atoms with Gasteiger partial charge in [-0.2, -0.15) is 13.2 Å². The molecule has 3 aromatic carbocycles. The first-order chi connectivity index (χ1) is 21.4. The average molecular weight is 632 g/mol. The van der Waals surface area contributed by atoms with Crippen molar-refractivity contribution in [3.8, 4) is 5.69 Å². The van der Waals surface area contributed by atoms with E-state index in [-0.39, 0.29) is 16.5 Å². The molecule has 0 bridgehead atoms. The molecule has 0 spiro atoms. The molecular weight excluding hydrogens is 587 g/mol. The molecule has 0 atom stereocenters. The fourth-order valence-electron chi connectivity index (χ4n) is 5.91. The number of alkyl halides is 3. The molecule has 5 aromatic rings. The molecule has 2 aromatic heterocycles. The second kappa shape index (κ2) is 12.4. The van der Waals surface area contributed by atoms with Crippen LogP contribution >= 0.6 is 0 Å². The minimum atomic E-state index is -4.42. The minimum absolute atomic E-state index is 0.00585. The highest BCUT2D eigenvalue weighted by Gasteiger charge is 2.31. The molecule has 0 unspecified atom stereocenters. The smallest absolute Gasteiger partial charge is 0.416 e. The van der Waals surface area contributed by atoms with Crippen LogP contribution in [0.2, 0.25) is 0 Å². The molecule has 0 saturated heterocycles. The van der Waals surface area contributed by atoms with Crippen LogP contribution in [0.3, 0.4) is 0 Å². The van der Waals surface area contributed by atoms with Gasteiger partial charge in [0, 0.05) is 60.1 Å². The molecule has 0 N–H and O–H groups in total. The molecular formula is C38H44F3N3O2. The van der Waals surface area contributed by atoms with Crippen molar-refractivity contribution in [2.75, 3.05) is 13.1 Å². The number of nitrogens with zero attached hydrogens (tertiary/aromatic N) is 3. The average Bonchev–Trinajstić information content (AvgIpc) is 3.33. The summed E-state index contributed by atoms with van der Waals surface area (Å²) < 4.78 is 48.5.